The van der Waals surface area contributed by atoms with E-state index in [2.05, 4.69) is 9.97 Å². The van der Waals surface area contributed by atoms with Crippen molar-refractivity contribution >= 4 is 11.3 Å². The summed E-state index contributed by atoms with van der Waals surface area (Å²) in [6, 6.07) is 0. The highest BCUT2D eigenvalue weighted by Crippen LogP contribution is 2.35. The van der Waals surface area contributed by atoms with Gasteiger partial charge in [-0.15, -0.1) is 0 Å². The van der Waals surface area contributed by atoms with Crippen molar-refractivity contribution in [2.24, 2.45) is 5.92 Å². The molecule has 0 aliphatic heterocycles. The number of fused-ring (bicyclic) bond motifs is 1. The second-order valence-electron chi connectivity index (χ2n) is 5.08. The zero-order valence-corrected chi connectivity index (χ0v) is 10.3. The molecule has 5 nitrogen and oxygen atoms in total. The van der Waals surface area contributed by atoms with Crippen LogP contribution < -0.4 is 5.73 Å². The maximum Gasteiger partial charge on any atom is 0.149 e. The molecule has 0 atom stereocenters. The van der Waals surface area contributed by atoms with Crippen LogP contribution in [0.5, 0.6) is 0 Å². The summed E-state index contributed by atoms with van der Waals surface area (Å²) in [7, 11) is 0. The molecule has 18 heavy (non-hydrogen) atoms. The SMILES string of the molecule is Nc1nccn2c(C3CCC(CO)CC3)ncc12. The van der Waals surface area contributed by atoms with Gasteiger partial charge in [0.05, 0.1) is 6.20 Å². The Bertz CT molecular complexity index is 543. The molecule has 0 spiro atoms. The quantitative estimate of drug-likeness (QED) is 0.843. The Morgan fingerprint density at radius 2 is 2.06 bits per heavy atom. The molecule has 96 valence electrons. The summed E-state index contributed by atoms with van der Waals surface area (Å²) in [6.45, 7) is 0.311. The van der Waals surface area contributed by atoms with Crippen molar-refractivity contribution in [2.45, 2.75) is 31.6 Å². The molecule has 1 fully saturated rings. The lowest BCUT2D eigenvalue weighted by Crippen LogP contribution is -2.17. The third-order valence-electron chi connectivity index (χ3n) is 3.99. The van der Waals surface area contributed by atoms with E-state index in [-0.39, 0.29) is 0 Å². The summed E-state index contributed by atoms with van der Waals surface area (Å²) < 4.78 is 2.05. The Morgan fingerprint density at radius 1 is 1.28 bits per heavy atom. The number of rotatable bonds is 2. The smallest absolute Gasteiger partial charge is 0.149 e. The van der Waals surface area contributed by atoms with Crippen LogP contribution in [0.2, 0.25) is 0 Å². The minimum absolute atomic E-state index is 0.311. The standard InChI is InChI=1S/C13H18N4O/c14-12-11-7-16-13(17(11)6-5-15-12)10-3-1-9(8-18)2-4-10/h5-7,9-10,18H,1-4,8H2,(H2,14,15). The van der Waals surface area contributed by atoms with E-state index in [1.165, 1.54) is 0 Å². The van der Waals surface area contributed by atoms with Crippen molar-refractivity contribution in [3.63, 3.8) is 0 Å². The number of hydrogen-bond donors (Lipinski definition) is 2. The van der Waals surface area contributed by atoms with E-state index in [1.807, 2.05) is 10.6 Å². The normalized spacial score (nSPS) is 24.5. The van der Waals surface area contributed by atoms with Crippen LogP contribution in [0.1, 0.15) is 37.4 Å². The predicted octanol–water partition coefficient (Wildman–Crippen LogP) is 1.58. The third kappa shape index (κ3) is 1.84. The molecule has 1 saturated carbocycles. The molecule has 2 heterocycles. The molecule has 0 radical (unpaired) electrons. The molecule has 0 saturated heterocycles. The van der Waals surface area contributed by atoms with E-state index >= 15 is 0 Å². The zero-order valence-electron chi connectivity index (χ0n) is 10.3. The third-order valence-corrected chi connectivity index (χ3v) is 3.99. The first-order chi connectivity index (χ1) is 8.79. The lowest BCUT2D eigenvalue weighted by atomic mass is 9.82. The Kier molecular flexibility index (Phi) is 2.91. The van der Waals surface area contributed by atoms with Crippen molar-refractivity contribution in [3.05, 3.63) is 24.4 Å². The number of nitrogens with two attached hydrogens (primary N) is 1. The number of aliphatic hydroxyl groups excluding tert-OH is 1. The highest BCUT2D eigenvalue weighted by atomic mass is 16.3. The van der Waals surface area contributed by atoms with Crippen LogP contribution in [0.15, 0.2) is 18.6 Å². The van der Waals surface area contributed by atoms with Gasteiger partial charge in [0, 0.05) is 24.9 Å². The molecule has 0 aromatic carbocycles. The first-order valence-corrected chi connectivity index (χ1v) is 6.48. The van der Waals surface area contributed by atoms with Crippen molar-refractivity contribution in [1.82, 2.24) is 14.4 Å². The maximum atomic E-state index is 9.17. The number of aromatic nitrogens is 3. The maximum absolute atomic E-state index is 9.17. The number of aliphatic hydroxyl groups is 1. The first-order valence-electron chi connectivity index (χ1n) is 6.48. The van der Waals surface area contributed by atoms with E-state index in [9.17, 15) is 5.11 Å². The van der Waals surface area contributed by atoms with Gasteiger partial charge in [0.1, 0.15) is 17.2 Å². The lowest BCUT2D eigenvalue weighted by molar-refractivity contribution is 0.181. The molecule has 1 aliphatic carbocycles. The van der Waals surface area contributed by atoms with Crippen LogP contribution in [-0.2, 0) is 0 Å². The second kappa shape index (κ2) is 4.57. The van der Waals surface area contributed by atoms with Crippen molar-refractivity contribution in [1.29, 1.82) is 0 Å². The fourth-order valence-electron chi connectivity index (χ4n) is 2.87. The van der Waals surface area contributed by atoms with Crippen molar-refractivity contribution in [2.75, 3.05) is 12.3 Å². The second-order valence-corrected chi connectivity index (χ2v) is 5.08. The Morgan fingerprint density at radius 3 is 2.78 bits per heavy atom. The number of nitrogens with zero attached hydrogens (tertiary/aromatic N) is 3. The summed E-state index contributed by atoms with van der Waals surface area (Å²) >= 11 is 0. The van der Waals surface area contributed by atoms with Crippen LogP contribution in [0.25, 0.3) is 5.52 Å². The fraction of sp³-hybridized carbons (Fsp3) is 0.538. The van der Waals surface area contributed by atoms with E-state index in [0.717, 1.165) is 37.0 Å². The molecule has 1 aliphatic rings. The van der Waals surface area contributed by atoms with Crippen LogP contribution in [0.3, 0.4) is 0 Å². The van der Waals surface area contributed by atoms with E-state index in [0.29, 0.717) is 24.3 Å². The molecule has 2 aromatic rings. The van der Waals surface area contributed by atoms with Crippen LogP contribution >= 0.6 is 0 Å². The Labute approximate surface area is 106 Å². The summed E-state index contributed by atoms with van der Waals surface area (Å²) in [5, 5.41) is 9.17. The van der Waals surface area contributed by atoms with Gasteiger partial charge in [0.15, 0.2) is 0 Å². The van der Waals surface area contributed by atoms with Gasteiger partial charge in [-0.05, 0) is 31.6 Å². The summed E-state index contributed by atoms with van der Waals surface area (Å²) in [4.78, 5) is 8.59. The van der Waals surface area contributed by atoms with Gasteiger partial charge >= 0.3 is 0 Å². The van der Waals surface area contributed by atoms with Gasteiger partial charge in [0.2, 0.25) is 0 Å². The molecular weight excluding hydrogens is 228 g/mol. The van der Waals surface area contributed by atoms with Gasteiger partial charge in [-0.2, -0.15) is 0 Å². The highest BCUT2D eigenvalue weighted by molar-refractivity contribution is 5.64. The average Bonchev–Trinajstić information content (AvgIpc) is 2.84. The Balaban J connectivity index is 1.89. The summed E-state index contributed by atoms with van der Waals surface area (Å²) in [5.74, 6) is 2.55. The number of imidazole rings is 1. The van der Waals surface area contributed by atoms with Crippen molar-refractivity contribution in [3.8, 4) is 0 Å². The largest absolute Gasteiger partial charge is 0.396 e. The van der Waals surface area contributed by atoms with Crippen molar-refractivity contribution < 1.29 is 5.11 Å². The van der Waals surface area contributed by atoms with Gasteiger partial charge in [0.25, 0.3) is 0 Å². The number of nitrogen functional groups attached to an aromatic ring is 1. The van der Waals surface area contributed by atoms with Gasteiger partial charge in [-0.1, -0.05) is 0 Å². The molecule has 3 N–H and O–H groups in total. The van der Waals surface area contributed by atoms with Crippen LogP contribution in [-0.4, -0.2) is 26.1 Å². The van der Waals surface area contributed by atoms with Crippen LogP contribution in [0.4, 0.5) is 5.82 Å². The molecule has 2 aromatic heterocycles. The van der Waals surface area contributed by atoms with E-state index in [1.54, 1.807) is 12.4 Å². The first kappa shape index (κ1) is 11.5. The topological polar surface area (TPSA) is 76.4 Å². The molecule has 0 amide bonds. The molecule has 5 heteroatoms. The highest BCUT2D eigenvalue weighted by Gasteiger charge is 2.24. The minimum Gasteiger partial charge on any atom is -0.396 e. The van der Waals surface area contributed by atoms with E-state index < -0.39 is 0 Å². The van der Waals surface area contributed by atoms with Crippen LogP contribution in [0, 0.1) is 5.92 Å². The monoisotopic (exact) mass is 246 g/mol. The van der Waals surface area contributed by atoms with Gasteiger partial charge in [-0.25, -0.2) is 9.97 Å². The van der Waals surface area contributed by atoms with Gasteiger partial charge in [-0.3, -0.25) is 4.40 Å². The minimum atomic E-state index is 0.311. The average molecular weight is 246 g/mol. The zero-order chi connectivity index (χ0) is 12.5. The number of hydrogen-bond acceptors (Lipinski definition) is 4. The molecule has 3 rings (SSSR count). The van der Waals surface area contributed by atoms with Gasteiger partial charge < -0.3 is 10.8 Å². The Hall–Kier alpha value is -1.62. The molecule has 0 unspecified atom stereocenters. The number of anilines is 1. The fourth-order valence-corrected chi connectivity index (χ4v) is 2.87. The molecule has 0 bridgehead atoms. The summed E-state index contributed by atoms with van der Waals surface area (Å²) in [6.07, 6.45) is 9.78. The summed E-state index contributed by atoms with van der Waals surface area (Å²) in [5.41, 5.74) is 6.72. The predicted molar refractivity (Wildman–Crippen MR) is 69.2 cm³/mol. The lowest BCUT2D eigenvalue weighted by Gasteiger charge is -2.26. The van der Waals surface area contributed by atoms with E-state index in [4.69, 9.17) is 5.73 Å². The molecular formula is C13H18N4O.